The Balaban J connectivity index is 2.69. The first-order chi connectivity index (χ1) is 9.71. The van der Waals surface area contributed by atoms with E-state index in [1.165, 1.54) is 12.0 Å². The Morgan fingerprint density at radius 2 is 2.10 bits per heavy atom. The van der Waals surface area contributed by atoms with Crippen LogP contribution in [0, 0.1) is 0 Å². The Kier molecular flexibility index (Phi) is 8.70. The van der Waals surface area contributed by atoms with E-state index < -0.39 is 0 Å². The van der Waals surface area contributed by atoms with Gasteiger partial charge >= 0.3 is 0 Å². The van der Waals surface area contributed by atoms with E-state index in [0.717, 1.165) is 31.1 Å². The molecule has 1 heterocycles. The maximum atomic E-state index is 5.67. The second kappa shape index (κ2) is 10.1. The van der Waals surface area contributed by atoms with Crippen molar-refractivity contribution >= 4 is 11.8 Å². The highest BCUT2D eigenvalue weighted by Gasteiger charge is 2.13. The highest BCUT2D eigenvalue weighted by atomic mass is 32.2. The van der Waals surface area contributed by atoms with Crippen molar-refractivity contribution in [2.75, 3.05) is 18.9 Å². The average Bonchev–Trinajstić information content (AvgIpc) is 2.49. The average molecular weight is 296 g/mol. The summed E-state index contributed by atoms with van der Waals surface area (Å²) in [5, 5.41) is 4.24. The lowest BCUT2D eigenvalue weighted by Gasteiger charge is -2.20. The van der Waals surface area contributed by atoms with E-state index in [0.29, 0.717) is 11.3 Å². The molecule has 1 rings (SSSR count). The topological polar surface area (TPSA) is 34.1 Å². The fraction of sp³-hybridized carbons (Fsp3) is 0.688. The Morgan fingerprint density at radius 1 is 1.30 bits per heavy atom. The number of aromatic nitrogens is 1. The van der Waals surface area contributed by atoms with Gasteiger partial charge in [-0.2, -0.15) is 11.8 Å². The molecular weight excluding hydrogens is 268 g/mol. The van der Waals surface area contributed by atoms with Gasteiger partial charge in [-0.05, 0) is 31.0 Å². The van der Waals surface area contributed by atoms with Crippen molar-refractivity contribution in [1.29, 1.82) is 0 Å². The van der Waals surface area contributed by atoms with Crippen LogP contribution in [-0.2, 0) is 0 Å². The predicted molar refractivity (Wildman–Crippen MR) is 88.7 cm³/mol. The molecule has 0 aliphatic rings. The van der Waals surface area contributed by atoms with Crippen LogP contribution in [0.4, 0.5) is 0 Å². The molecule has 0 radical (unpaired) electrons. The van der Waals surface area contributed by atoms with Gasteiger partial charge < -0.3 is 10.1 Å². The molecule has 0 aliphatic heterocycles. The van der Waals surface area contributed by atoms with Crippen LogP contribution in [0.15, 0.2) is 18.5 Å². The summed E-state index contributed by atoms with van der Waals surface area (Å²) < 4.78 is 5.67. The largest absolute Gasteiger partial charge is 0.492 e. The fourth-order valence-electron chi connectivity index (χ4n) is 1.82. The lowest BCUT2D eigenvalue weighted by atomic mass is 10.1. The Hall–Kier alpha value is -0.740. The van der Waals surface area contributed by atoms with Crippen molar-refractivity contribution in [3.05, 3.63) is 24.0 Å². The summed E-state index contributed by atoms with van der Waals surface area (Å²) in [6.45, 7) is 10.5. The van der Waals surface area contributed by atoms with E-state index in [9.17, 15) is 0 Å². The molecule has 2 unspecified atom stereocenters. The van der Waals surface area contributed by atoms with Gasteiger partial charge in [0.2, 0.25) is 0 Å². The van der Waals surface area contributed by atoms with Gasteiger partial charge in [0.25, 0.3) is 0 Å². The number of pyridine rings is 1. The second-order valence-electron chi connectivity index (χ2n) is 4.96. The zero-order valence-electron chi connectivity index (χ0n) is 13.2. The van der Waals surface area contributed by atoms with E-state index in [2.05, 4.69) is 44.1 Å². The lowest BCUT2D eigenvalue weighted by molar-refractivity contribution is 0.315. The number of hydrogen-bond acceptors (Lipinski definition) is 4. The highest BCUT2D eigenvalue weighted by molar-refractivity contribution is 7.99. The van der Waals surface area contributed by atoms with Crippen molar-refractivity contribution in [3.63, 3.8) is 0 Å². The first-order valence-electron chi connectivity index (χ1n) is 7.63. The van der Waals surface area contributed by atoms with E-state index in [1.807, 2.05) is 18.0 Å². The molecule has 0 fully saturated rings. The van der Waals surface area contributed by atoms with Gasteiger partial charge in [0.1, 0.15) is 5.75 Å². The maximum absolute atomic E-state index is 5.67. The zero-order valence-corrected chi connectivity index (χ0v) is 14.0. The van der Waals surface area contributed by atoms with Gasteiger partial charge in [0, 0.05) is 23.2 Å². The van der Waals surface area contributed by atoms with Gasteiger partial charge in [-0.1, -0.05) is 27.7 Å². The van der Waals surface area contributed by atoms with Crippen LogP contribution in [0.1, 0.15) is 52.1 Å². The van der Waals surface area contributed by atoms with Crippen molar-refractivity contribution in [3.8, 4) is 5.75 Å². The van der Waals surface area contributed by atoms with E-state index in [-0.39, 0.29) is 0 Å². The molecule has 0 aliphatic carbocycles. The molecule has 20 heavy (non-hydrogen) atoms. The molecule has 0 bridgehead atoms. The SMILES string of the molecule is CCCOc1cncc(C(CSC(C)CC)NCC)c1. The Bertz CT molecular complexity index is 373. The third kappa shape index (κ3) is 6.14. The van der Waals surface area contributed by atoms with Crippen molar-refractivity contribution in [2.45, 2.75) is 51.8 Å². The summed E-state index contributed by atoms with van der Waals surface area (Å²) in [6.07, 6.45) is 5.97. The smallest absolute Gasteiger partial charge is 0.137 e. The molecule has 114 valence electrons. The molecule has 0 spiro atoms. The predicted octanol–water partition coefficient (Wildman–Crippen LogP) is 4.05. The number of rotatable bonds is 10. The molecule has 3 nitrogen and oxygen atoms in total. The normalized spacial score (nSPS) is 14.0. The van der Waals surface area contributed by atoms with Crippen LogP contribution >= 0.6 is 11.8 Å². The third-order valence-corrected chi connectivity index (χ3v) is 4.61. The van der Waals surface area contributed by atoms with Gasteiger partial charge in [0.15, 0.2) is 0 Å². The standard InChI is InChI=1S/C16H28N2OS/c1-5-8-19-15-9-14(10-17-11-15)16(18-7-3)12-20-13(4)6-2/h9-11,13,16,18H,5-8,12H2,1-4H3. The highest BCUT2D eigenvalue weighted by Crippen LogP contribution is 2.24. The minimum atomic E-state index is 0.344. The van der Waals surface area contributed by atoms with E-state index in [1.54, 1.807) is 6.20 Å². The molecule has 0 amide bonds. The molecule has 1 aromatic heterocycles. The number of ether oxygens (including phenoxy) is 1. The van der Waals surface area contributed by atoms with Crippen LogP contribution in [0.25, 0.3) is 0 Å². The van der Waals surface area contributed by atoms with Crippen molar-refractivity contribution in [1.82, 2.24) is 10.3 Å². The second-order valence-corrected chi connectivity index (χ2v) is 6.44. The number of nitrogens with zero attached hydrogens (tertiary/aromatic N) is 1. The summed E-state index contributed by atoms with van der Waals surface area (Å²) in [6, 6.07) is 2.46. The summed E-state index contributed by atoms with van der Waals surface area (Å²) in [5.74, 6) is 1.95. The first kappa shape index (κ1) is 17.3. The number of thioether (sulfide) groups is 1. The molecule has 1 N–H and O–H groups in total. The van der Waals surface area contributed by atoms with Gasteiger partial charge in [0.05, 0.1) is 12.8 Å². The summed E-state index contributed by atoms with van der Waals surface area (Å²) in [4.78, 5) is 4.31. The van der Waals surface area contributed by atoms with Crippen LogP contribution in [0.3, 0.4) is 0 Å². The molecule has 0 aromatic carbocycles. The van der Waals surface area contributed by atoms with Crippen molar-refractivity contribution < 1.29 is 4.74 Å². The molecular formula is C16H28N2OS. The van der Waals surface area contributed by atoms with Gasteiger partial charge in [-0.25, -0.2) is 0 Å². The minimum Gasteiger partial charge on any atom is -0.492 e. The third-order valence-electron chi connectivity index (χ3n) is 3.18. The van der Waals surface area contributed by atoms with Gasteiger partial charge in [-0.15, -0.1) is 0 Å². The summed E-state index contributed by atoms with van der Waals surface area (Å²) in [5.41, 5.74) is 1.22. The first-order valence-corrected chi connectivity index (χ1v) is 8.68. The molecule has 0 saturated heterocycles. The van der Waals surface area contributed by atoms with Crippen molar-refractivity contribution in [2.24, 2.45) is 0 Å². The van der Waals surface area contributed by atoms with Crippen LogP contribution in [0.5, 0.6) is 5.75 Å². The van der Waals surface area contributed by atoms with E-state index in [4.69, 9.17) is 4.74 Å². The summed E-state index contributed by atoms with van der Waals surface area (Å²) >= 11 is 2.01. The molecule has 1 aromatic rings. The van der Waals surface area contributed by atoms with E-state index >= 15 is 0 Å². The molecule has 0 saturated carbocycles. The lowest BCUT2D eigenvalue weighted by Crippen LogP contribution is -2.24. The number of hydrogen-bond donors (Lipinski definition) is 1. The Labute approximate surface area is 127 Å². The zero-order chi connectivity index (χ0) is 14.8. The van der Waals surface area contributed by atoms with Crippen LogP contribution in [-0.4, -0.2) is 29.1 Å². The van der Waals surface area contributed by atoms with Crippen LogP contribution < -0.4 is 10.1 Å². The summed E-state index contributed by atoms with van der Waals surface area (Å²) in [7, 11) is 0. The minimum absolute atomic E-state index is 0.344. The maximum Gasteiger partial charge on any atom is 0.137 e. The number of nitrogens with one attached hydrogen (secondary N) is 1. The fourth-order valence-corrected chi connectivity index (χ4v) is 2.89. The van der Waals surface area contributed by atoms with Crippen LogP contribution in [0.2, 0.25) is 0 Å². The molecule has 4 heteroatoms. The monoisotopic (exact) mass is 296 g/mol. The Morgan fingerprint density at radius 3 is 2.75 bits per heavy atom. The quantitative estimate of drug-likeness (QED) is 0.706. The molecule has 2 atom stereocenters. The van der Waals surface area contributed by atoms with Gasteiger partial charge in [-0.3, -0.25) is 4.98 Å².